The number of rotatable bonds is 10. The Morgan fingerprint density at radius 1 is 0.850 bits per heavy atom. The second-order valence-electron chi connectivity index (χ2n) is 7.34. The Bertz CT molecular complexity index is 219. The van der Waals surface area contributed by atoms with E-state index in [4.69, 9.17) is 4.74 Å². The van der Waals surface area contributed by atoms with Gasteiger partial charge in [-0.15, -0.1) is 0 Å². The number of quaternary nitrogens is 1. The lowest BCUT2D eigenvalue weighted by atomic mass is 10.1. The Hall–Kier alpha value is -0.0800. The third kappa shape index (κ3) is 8.97. The van der Waals surface area contributed by atoms with E-state index in [0.717, 1.165) is 11.2 Å². The van der Waals surface area contributed by atoms with Crippen molar-refractivity contribution >= 4 is 0 Å². The van der Waals surface area contributed by atoms with Gasteiger partial charge < -0.3 is 9.22 Å². The third-order valence-corrected chi connectivity index (χ3v) is 4.58. The molecule has 0 unspecified atom stereocenters. The standard InChI is InChI=1S/C18H38NO/c1-4-5-6-7-10-13-16-19(2,3)17-20-18-14-11-8-9-12-15-18/h18H,4-17H2,1-3H3/q+1. The molecule has 0 amide bonds. The fraction of sp³-hybridized carbons (Fsp3) is 1.00. The number of ether oxygens (including phenoxy) is 1. The summed E-state index contributed by atoms with van der Waals surface area (Å²) < 4.78 is 7.23. The van der Waals surface area contributed by atoms with Gasteiger partial charge in [0.25, 0.3) is 0 Å². The van der Waals surface area contributed by atoms with Crippen LogP contribution in [-0.2, 0) is 4.74 Å². The summed E-state index contributed by atoms with van der Waals surface area (Å²) in [7, 11) is 4.64. The van der Waals surface area contributed by atoms with E-state index in [1.165, 1.54) is 83.6 Å². The summed E-state index contributed by atoms with van der Waals surface area (Å²) in [6.45, 7) is 4.45. The summed E-state index contributed by atoms with van der Waals surface area (Å²) >= 11 is 0. The molecule has 20 heavy (non-hydrogen) atoms. The Kier molecular flexibility index (Phi) is 9.54. The first-order chi connectivity index (χ1) is 9.64. The molecule has 0 radical (unpaired) electrons. The van der Waals surface area contributed by atoms with Crippen LogP contribution in [-0.4, -0.2) is 38.0 Å². The van der Waals surface area contributed by atoms with Crippen LogP contribution in [0.1, 0.15) is 84.0 Å². The molecule has 0 heterocycles. The maximum atomic E-state index is 6.20. The summed E-state index contributed by atoms with van der Waals surface area (Å²) in [5.74, 6) is 0. The second-order valence-corrected chi connectivity index (χ2v) is 7.34. The van der Waals surface area contributed by atoms with Crippen LogP contribution in [0.25, 0.3) is 0 Å². The monoisotopic (exact) mass is 284 g/mol. The van der Waals surface area contributed by atoms with E-state index in [0.29, 0.717) is 6.10 Å². The molecule has 0 aromatic carbocycles. The average Bonchev–Trinajstić information content (AvgIpc) is 2.69. The number of hydrogen-bond donors (Lipinski definition) is 0. The molecule has 0 aliphatic heterocycles. The zero-order valence-corrected chi connectivity index (χ0v) is 14.3. The van der Waals surface area contributed by atoms with E-state index < -0.39 is 0 Å². The minimum absolute atomic E-state index is 0.541. The van der Waals surface area contributed by atoms with Gasteiger partial charge in [-0.25, -0.2) is 0 Å². The normalized spacial score (nSPS) is 18.1. The highest BCUT2D eigenvalue weighted by molar-refractivity contribution is 4.63. The van der Waals surface area contributed by atoms with Gasteiger partial charge in [-0.1, -0.05) is 58.3 Å². The largest absolute Gasteiger partial charge is 0.328 e. The lowest BCUT2D eigenvalue weighted by molar-refractivity contribution is -0.910. The highest BCUT2D eigenvalue weighted by atomic mass is 16.5. The van der Waals surface area contributed by atoms with Gasteiger partial charge in [0.05, 0.1) is 26.7 Å². The minimum atomic E-state index is 0.541. The lowest BCUT2D eigenvalue weighted by Crippen LogP contribution is -2.43. The first kappa shape index (κ1) is 18.0. The molecule has 1 fully saturated rings. The van der Waals surface area contributed by atoms with Crippen molar-refractivity contribution in [3.8, 4) is 0 Å². The molecule has 1 rings (SSSR count). The van der Waals surface area contributed by atoms with Crippen molar-refractivity contribution in [2.45, 2.75) is 90.1 Å². The van der Waals surface area contributed by atoms with Crippen LogP contribution in [0, 0.1) is 0 Å². The molecule has 2 heteroatoms. The van der Waals surface area contributed by atoms with E-state index in [9.17, 15) is 0 Å². The predicted molar refractivity (Wildman–Crippen MR) is 87.8 cm³/mol. The van der Waals surface area contributed by atoms with Gasteiger partial charge in [-0.05, 0) is 25.7 Å². The van der Waals surface area contributed by atoms with Crippen LogP contribution in [0.15, 0.2) is 0 Å². The van der Waals surface area contributed by atoms with E-state index in [2.05, 4.69) is 21.0 Å². The Morgan fingerprint density at radius 3 is 2.10 bits per heavy atom. The van der Waals surface area contributed by atoms with E-state index in [1.54, 1.807) is 0 Å². The fourth-order valence-corrected chi connectivity index (χ4v) is 3.10. The van der Waals surface area contributed by atoms with Crippen LogP contribution in [0.5, 0.6) is 0 Å². The summed E-state index contributed by atoms with van der Waals surface area (Å²) in [5.41, 5.74) is 0. The molecule has 1 saturated carbocycles. The second kappa shape index (κ2) is 10.6. The molecule has 0 spiro atoms. The topological polar surface area (TPSA) is 9.23 Å². The lowest BCUT2D eigenvalue weighted by Gasteiger charge is -2.31. The molecule has 120 valence electrons. The van der Waals surface area contributed by atoms with Gasteiger partial charge in [0.15, 0.2) is 6.73 Å². The number of unbranched alkanes of at least 4 members (excludes halogenated alkanes) is 5. The molecule has 1 aliphatic carbocycles. The summed E-state index contributed by atoms with van der Waals surface area (Å²) in [6, 6.07) is 0. The molecule has 0 saturated heterocycles. The van der Waals surface area contributed by atoms with Crippen LogP contribution in [0.4, 0.5) is 0 Å². The molecule has 2 nitrogen and oxygen atoms in total. The zero-order chi connectivity index (χ0) is 14.7. The van der Waals surface area contributed by atoms with Crippen LogP contribution >= 0.6 is 0 Å². The molecular weight excluding hydrogens is 246 g/mol. The van der Waals surface area contributed by atoms with Crippen molar-refractivity contribution in [3.05, 3.63) is 0 Å². The average molecular weight is 285 g/mol. The molecule has 0 atom stereocenters. The van der Waals surface area contributed by atoms with Gasteiger partial charge in [0.1, 0.15) is 0 Å². The fourth-order valence-electron chi connectivity index (χ4n) is 3.10. The summed E-state index contributed by atoms with van der Waals surface area (Å²) in [6.07, 6.45) is 17.0. The van der Waals surface area contributed by atoms with Crippen molar-refractivity contribution in [1.82, 2.24) is 0 Å². The van der Waals surface area contributed by atoms with Crippen LogP contribution < -0.4 is 0 Å². The highest BCUT2D eigenvalue weighted by Gasteiger charge is 2.19. The quantitative estimate of drug-likeness (QED) is 0.234. The number of hydrogen-bond acceptors (Lipinski definition) is 1. The van der Waals surface area contributed by atoms with Crippen molar-refractivity contribution in [2.24, 2.45) is 0 Å². The molecule has 0 aromatic rings. The molecule has 0 N–H and O–H groups in total. The highest BCUT2D eigenvalue weighted by Crippen LogP contribution is 2.20. The number of nitrogens with zero attached hydrogens (tertiary/aromatic N) is 1. The van der Waals surface area contributed by atoms with Gasteiger partial charge in [-0.2, -0.15) is 0 Å². The zero-order valence-electron chi connectivity index (χ0n) is 14.3. The maximum Gasteiger partial charge on any atom is 0.183 e. The summed E-state index contributed by atoms with van der Waals surface area (Å²) in [5, 5.41) is 0. The molecule has 0 bridgehead atoms. The first-order valence-electron chi connectivity index (χ1n) is 9.07. The van der Waals surface area contributed by atoms with Crippen molar-refractivity contribution < 1.29 is 9.22 Å². The first-order valence-corrected chi connectivity index (χ1v) is 9.07. The third-order valence-electron chi connectivity index (χ3n) is 4.58. The molecular formula is C18H38NO+. The van der Waals surface area contributed by atoms with Crippen molar-refractivity contribution in [2.75, 3.05) is 27.4 Å². The minimum Gasteiger partial charge on any atom is -0.328 e. The smallest absolute Gasteiger partial charge is 0.183 e. The van der Waals surface area contributed by atoms with Crippen LogP contribution in [0.3, 0.4) is 0 Å². The van der Waals surface area contributed by atoms with E-state index in [-0.39, 0.29) is 0 Å². The van der Waals surface area contributed by atoms with Gasteiger partial charge in [0.2, 0.25) is 0 Å². The van der Waals surface area contributed by atoms with Gasteiger partial charge >= 0.3 is 0 Å². The maximum absolute atomic E-state index is 6.20. The molecule has 1 aliphatic rings. The van der Waals surface area contributed by atoms with Gasteiger partial charge in [-0.3, -0.25) is 0 Å². The summed E-state index contributed by atoms with van der Waals surface area (Å²) in [4.78, 5) is 0. The van der Waals surface area contributed by atoms with Crippen molar-refractivity contribution in [1.29, 1.82) is 0 Å². The van der Waals surface area contributed by atoms with Crippen molar-refractivity contribution in [3.63, 3.8) is 0 Å². The molecule has 0 aromatic heterocycles. The Labute approximate surface area is 127 Å². The van der Waals surface area contributed by atoms with E-state index >= 15 is 0 Å². The van der Waals surface area contributed by atoms with E-state index in [1.807, 2.05) is 0 Å². The SMILES string of the molecule is CCCCCCCC[N+](C)(C)COC1CCCCCC1. The predicted octanol–water partition coefficient (Wildman–Crippen LogP) is 5.12. The van der Waals surface area contributed by atoms with Crippen LogP contribution in [0.2, 0.25) is 0 Å². The Balaban J connectivity index is 2.07. The van der Waals surface area contributed by atoms with Gasteiger partial charge in [0, 0.05) is 0 Å². The Morgan fingerprint density at radius 2 is 1.45 bits per heavy atom.